The first kappa shape index (κ1) is 13.8. The minimum absolute atomic E-state index is 0.151. The van der Waals surface area contributed by atoms with Gasteiger partial charge in [0.25, 0.3) is 0 Å². The molecule has 1 unspecified atom stereocenters. The summed E-state index contributed by atoms with van der Waals surface area (Å²) in [5.74, 6) is -2.27. The highest BCUT2D eigenvalue weighted by Gasteiger charge is 2.33. The third kappa shape index (κ3) is 3.10. The lowest BCUT2D eigenvalue weighted by molar-refractivity contribution is -0.138. The first-order chi connectivity index (χ1) is 7.77. The second-order valence-corrected chi connectivity index (χ2v) is 3.77. The Morgan fingerprint density at radius 1 is 1.47 bits per heavy atom. The monoisotopic (exact) mass is 267 g/mol. The average Bonchev–Trinajstić information content (AvgIpc) is 2.15. The minimum atomic E-state index is -4.56. The van der Waals surface area contributed by atoms with E-state index in [0.29, 0.717) is 0 Å². The maximum Gasteiger partial charge on any atom is 0.417 e. The molecule has 17 heavy (non-hydrogen) atoms. The molecule has 94 valence electrons. The molecule has 1 atom stereocenters. The van der Waals surface area contributed by atoms with E-state index in [2.05, 4.69) is 0 Å². The molecule has 0 amide bonds. The van der Waals surface area contributed by atoms with Gasteiger partial charge in [0, 0.05) is 6.54 Å². The summed E-state index contributed by atoms with van der Waals surface area (Å²) < 4.78 is 37.2. The standard InChI is InChI=1S/C10H9ClF3NO2/c11-8-3-5(6(4-15)9(16)17)1-2-7(8)10(12,13)14/h1-3,6H,4,15H2,(H,16,17). The van der Waals surface area contributed by atoms with Crippen LogP contribution in [0.3, 0.4) is 0 Å². The van der Waals surface area contributed by atoms with Gasteiger partial charge in [0.05, 0.1) is 16.5 Å². The predicted molar refractivity (Wildman–Crippen MR) is 55.9 cm³/mol. The smallest absolute Gasteiger partial charge is 0.417 e. The van der Waals surface area contributed by atoms with Crippen LogP contribution in [0.4, 0.5) is 13.2 Å². The number of alkyl halides is 3. The number of halogens is 4. The van der Waals surface area contributed by atoms with Gasteiger partial charge in [-0.2, -0.15) is 13.2 Å². The molecule has 0 aliphatic heterocycles. The largest absolute Gasteiger partial charge is 0.481 e. The highest BCUT2D eigenvalue weighted by Crippen LogP contribution is 2.35. The Hall–Kier alpha value is -1.27. The van der Waals surface area contributed by atoms with E-state index in [1.54, 1.807) is 0 Å². The first-order valence-electron chi connectivity index (χ1n) is 4.57. The Morgan fingerprint density at radius 2 is 2.06 bits per heavy atom. The van der Waals surface area contributed by atoms with Gasteiger partial charge in [0.2, 0.25) is 0 Å². The van der Waals surface area contributed by atoms with Crippen LogP contribution >= 0.6 is 11.6 Å². The zero-order valence-electron chi connectivity index (χ0n) is 8.46. The fourth-order valence-corrected chi connectivity index (χ4v) is 1.65. The van der Waals surface area contributed by atoms with Crippen molar-refractivity contribution < 1.29 is 23.1 Å². The number of hydrogen-bond acceptors (Lipinski definition) is 2. The Kier molecular flexibility index (Phi) is 4.00. The normalized spacial score (nSPS) is 13.5. The van der Waals surface area contributed by atoms with Gasteiger partial charge in [-0.15, -0.1) is 0 Å². The van der Waals surface area contributed by atoms with Crippen molar-refractivity contribution in [1.82, 2.24) is 0 Å². The van der Waals surface area contributed by atoms with E-state index in [-0.39, 0.29) is 12.1 Å². The SMILES string of the molecule is NCC(C(=O)O)c1ccc(C(F)(F)F)c(Cl)c1. The highest BCUT2D eigenvalue weighted by atomic mass is 35.5. The molecule has 0 aliphatic rings. The lowest BCUT2D eigenvalue weighted by Crippen LogP contribution is -2.21. The molecular weight excluding hydrogens is 259 g/mol. The first-order valence-corrected chi connectivity index (χ1v) is 4.94. The zero-order valence-corrected chi connectivity index (χ0v) is 9.22. The summed E-state index contributed by atoms with van der Waals surface area (Å²) in [6.45, 7) is -0.211. The topological polar surface area (TPSA) is 63.3 Å². The van der Waals surface area contributed by atoms with Crippen molar-refractivity contribution in [3.05, 3.63) is 34.3 Å². The van der Waals surface area contributed by atoms with Crippen molar-refractivity contribution >= 4 is 17.6 Å². The van der Waals surface area contributed by atoms with Crippen LogP contribution < -0.4 is 5.73 Å². The van der Waals surface area contributed by atoms with E-state index in [0.717, 1.165) is 18.2 Å². The summed E-state index contributed by atoms with van der Waals surface area (Å²) in [5, 5.41) is 8.27. The summed E-state index contributed by atoms with van der Waals surface area (Å²) in [5.41, 5.74) is 4.39. The van der Waals surface area contributed by atoms with E-state index in [1.807, 2.05) is 0 Å². The maximum absolute atomic E-state index is 12.4. The van der Waals surface area contributed by atoms with E-state index < -0.39 is 28.6 Å². The molecule has 1 aromatic rings. The van der Waals surface area contributed by atoms with Crippen molar-refractivity contribution in [2.24, 2.45) is 5.73 Å². The van der Waals surface area contributed by atoms with Gasteiger partial charge >= 0.3 is 12.1 Å². The van der Waals surface area contributed by atoms with Crippen LogP contribution in [0.25, 0.3) is 0 Å². The fraction of sp³-hybridized carbons (Fsp3) is 0.300. The number of rotatable bonds is 3. The van der Waals surface area contributed by atoms with Gasteiger partial charge in [-0.3, -0.25) is 4.79 Å². The molecule has 3 N–H and O–H groups in total. The Balaban J connectivity index is 3.16. The number of benzene rings is 1. The van der Waals surface area contributed by atoms with Gasteiger partial charge in [-0.25, -0.2) is 0 Å². The summed E-state index contributed by atoms with van der Waals surface area (Å²) >= 11 is 5.47. The van der Waals surface area contributed by atoms with Gasteiger partial charge in [0.1, 0.15) is 0 Å². The van der Waals surface area contributed by atoms with Crippen LogP contribution in [0.2, 0.25) is 5.02 Å². The van der Waals surface area contributed by atoms with E-state index >= 15 is 0 Å². The van der Waals surface area contributed by atoms with Crippen molar-refractivity contribution in [2.75, 3.05) is 6.54 Å². The van der Waals surface area contributed by atoms with Crippen LogP contribution in [-0.4, -0.2) is 17.6 Å². The average molecular weight is 268 g/mol. The summed E-state index contributed by atoms with van der Waals surface area (Å²) in [4.78, 5) is 10.8. The van der Waals surface area contributed by atoms with Crippen LogP contribution in [0.15, 0.2) is 18.2 Å². The van der Waals surface area contributed by atoms with E-state index in [1.165, 1.54) is 0 Å². The van der Waals surface area contributed by atoms with Crippen LogP contribution in [0.1, 0.15) is 17.0 Å². The molecule has 0 saturated carbocycles. The molecule has 0 aliphatic carbocycles. The minimum Gasteiger partial charge on any atom is -0.481 e. The number of carboxylic acids is 1. The van der Waals surface area contributed by atoms with E-state index in [9.17, 15) is 18.0 Å². The van der Waals surface area contributed by atoms with Crippen LogP contribution in [0, 0.1) is 0 Å². The van der Waals surface area contributed by atoms with Gasteiger partial charge in [-0.1, -0.05) is 17.7 Å². The molecule has 0 aromatic heterocycles. The number of nitrogens with two attached hydrogens (primary N) is 1. The zero-order chi connectivity index (χ0) is 13.2. The second-order valence-electron chi connectivity index (χ2n) is 3.36. The lowest BCUT2D eigenvalue weighted by atomic mass is 9.98. The summed E-state index contributed by atoms with van der Waals surface area (Å²) in [7, 11) is 0. The Morgan fingerprint density at radius 3 is 2.41 bits per heavy atom. The van der Waals surface area contributed by atoms with Crippen molar-refractivity contribution in [1.29, 1.82) is 0 Å². The second kappa shape index (κ2) is 4.93. The number of carbonyl (C=O) groups is 1. The Bertz CT molecular complexity index is 434. The summed E-state index contributed by atoms with van der Waals surface area (Å²) in [6, 6.07) is 2.81. The molecule has 0 bridgehead atoms. The molecule has 0 heterocycles. The lowest BCUT2D eigenvalue weighted by Gasteiger charge is -2.13. The molecule has 0 spiro atoms. The van der Waals surface area contributed by atoms with Crippen molar-refractivity contribution in [2.45, 2.75) is 12.1 Å². The number of aliphatic carboxylic acids is 1. The van der Waals surface area contributed by atoms with Gasteiger partial charge < -0.3 is 10.8 Å². The van der Waals surface area contributed by atoms with Crippen LogP contribution in [0.5, 0.6) is 0 Å². The predicted octanol–water partition coefficient (Wildman–Crippen LogP) is 2.49. The quantitative estimate of drug-likeness (QED) is 0.884. The molecule has 0 saturated heterocycles. The molecule has 0 radical (unpaired) electrons. The van der Waals surface area contributed by atoms with Gasteiger partial charge in [0.15, 0.2) is 0 Å². The third-order valence-corrected chi connectivity index (χ3v) is 2.55. The number of carboxylic acid groups (broad SMARTS) is 1. The van der Waals surface area contributed by atoms with Gasteiger partial charge in [-0.05, 0) is 17.7 Å². The molecule has 0 fully saturated rings. The molecule has 1 rings (SSSR count). The van der Waals surface area contributed by atoms with Crippen molar-refractivity contribution in [3.8, 4) is 0 Å². The number of hydrogen-bond donors (Lipinski definition) is 2. The Labute approximate surface area is 100.0 Å². The molecule has 7 heteroatoms. The van der Waals surface area contributed by atoms with Crippen LogP contribution in [-0.2, 0) is 11.0 Å². The molecule has 3 nitrogen and oxygen atoms in total. The fourth-order valence-electron chi connectivity index (χ4n) is 1.36. The third-order valence-electron chi connectivity index (χ3n) is 2.23. The highest BCUT2D eigenvalue weighted by molar-refractivity contribution is 6.31. The summed E-state index contributed by atoms with van der Waals surface area (Å²) in [6.07, 6.45) is -4.56. The van der Waals surface area contributed by atoms with Crippen molar-refractivity contribution in [3.63, 3.8) is 0 Å². The maximum atomic E-state index is 12.4. The molecule has 1 aromatic carbocycles. The molecular formula is C10H9ClF3NO2. The van der Waals surface area contributed by atoms with E-state index in [4.69, 9.17) is 22.4 Å².